The van der Waals surface area contributed by atoms with Crippen LogP contribution in [0.4, 0.5) is 10.5 Å². The van der Waals surface area contributed by atoms with Gasteiger partial charge < -0.3 is 37.9 Å². The summed E-state index contributed by atoms with van der Waals surface area (Å²) in [6, 6.07) is 0.411. The number of aromatic hydroxyl groups is 1. The van der Waals surface area contributed by atoms with E-state index in [0.29, 0.717) is 0 Å². The smallest absolute Gasteiger partial charge is 0.411 e. The summed E-state index contributed by atoms with van der Waals surface area (Å²) >= 11 is 0. The highest BCUT2D eigenvalue weighted by molar-refractivity contribution is 6.33. The molecule has 0 aromatic heterocycles. The number of benzene rings is 1. The number of nitriles is 1. The summed E-state index contributed by atoms with van der Waals surface area (Å²) in [5.41, 5.74) is 15.1. The lowest BCUT2D eigenvalue weighted by Gasteiger charge is -2.64. The predicted molar refractivity (Wildman–Crippen MR) is 150 cm³/mol. The van der Waals surface area contributed by atoms with Gasteiger partial charge in [-0.1, -0.05) is 26.8 Å². The number of Topliss-reactive ketones (excluding diaryl/α,β-unsaturated/α-hetero) is 4. The van der Waals surface area contributed by atoms with Crippen molar-refractivity contribution in [2.75, 3.05) is 26.0 Å². The Kier molecular flexibility index (Phi) is 7.52. The van der Waals surface area contributed by atoms with Gasteiger partial charge in [0.2, 0.25) is 5.91 Å². The Morgan fingerprint density at radius 2 is 1.73 bits per heavy atom. The average Bonchev–Trinajstić information content (AvgIpc) is 2.90. The maximum Gasteiger partial charge on any atom is 0.411 e. The van der Waals surface area contributed by atoms with Gasteiger partial charge in [-0.25, -0.2) is 4.79 Å². The van der Waals surface area contributed by atoms with Gasteiger partial charge >= 0.3 is 6.09 Å². The number of amides is 2. The quantitative estimate of drug-likeness (QED) is 0.140. The molecule has 0 spiro atoms. The summed E-state index contributed by atoms with van der Waals surface area (Å²) in [6.45, 7) is 5.45. The van der Waals surface area contributed by atoms with Crippen molar-refractivity contribution in [3.05, 3.63) is 23.3 Å². The number of aliphatic hydroxyl groups excluding tert-OH is 1. The van der Waals surface area contributed by atoms with Crippen molar-refractivity contribution in [3.8, 4) is 11.8 Å². The second kappa shape index (κ2) is 10.1. The average molecular weight is 614 g/mol. The number of nitrogens with two attached hydrogens (primary N) is 4. The van der Waals surface area contributed by atoms with Crippen molar-refractivity contribution < 1.29 is 43.7 Å². The summed E-state index contributed by atoms with van der Waals surface area (Å²) in [4.78, 5) is 81.6. The van der Waals surface area contributed by atoms with E-state index in [1.54, 1.807) is 0 Å². The molecule has 3 aliphatic rings. The number of ketones is 4. The van der Waals surface area contributed by atoms with Crippen molar-refractivity contribution >= 4 is 40.8 Å². The Bertz CT molecular complexity index is 1560. The van der Waals surface area contributed by atoms with Crippen LogP contribution in [-0.2, 0) is 23.9 Å². The molecule has 0 saturated heterocycles. The van der Waals surface area contributed by atoms with E-state index in [9.17, 15) is 44.2 Å². The number of rotatable bonds is 4. The van der Waals surface area contributed by atoms with E-state index in [1.807, 2.05) is 20.8 Å². The summed E-state index contributed by atoms with van der Waals surface area (Å²) in [5.74, 6) is -12.5. The highest BCUT2D eigenvalue weighted by atomic mass is 16.5. The Hall–Kier alpha value is -4.27. The lowest BCUT2D eigenvalue weighted by Crippen LogP contribution is -2.92. The second-order valence-electron chi connectivity index (χ2n) is 13.0. The highest BCUT2D eigenvalue weighted by Crippen LogP contribution is 2.58. The number of phenols is 1. The van der Waals surface area contributed by atoms with Gasteiger partial charge in [-0.3, -0.25) is 34.2 Å². The third kappa shape index (κ3) is 4.01. The largest absolute Gasteiger partial charge is 0.505 e. The number of carbonyl (C=O) groups is 6. The molecule has 3 aliphatic carbocycles. The molecule has 2 unspecified atom stereocenters. The van der Waals surface area contributed by atoms with Gasteiger partial charge in [-0.15, -0.1) is 0 Å². The topological polar surface area (TPSA) is 295 Å². The Labute approximate surface area is 251 Å². The molecule has 0 aliphatic heterocycles. The van der Waals surface area contributed by atoms with Gasteiger partial charge in [0.1, 0.15) is 11.7 Å². The minimum Gasteiger partial charge on any atom is -0.505 e. The first-order valence-corrected chi connectivity index (χ1v) is 13.5. The molecule has 0 heterocycles. The van der Waals surface area contributed by atoms with Crippen molar-refractivity contribution in [1.29, 1.82) is 5.26 Å². The summed E-state index contributed by atoms with van der Waals surface area (Å²) in [7, 11) is 2.58. The SMILES string of the molecule is CN(C)[C@@H]1C(=O)C(C(N)=O)C(=O)[C@@]2(C#N)C(=O)C3C(=O)c4c(ccc(NC(=O)OCC(C)(C)C)c4O)[C@H](N)[C@@]3(N)[C@H](O)[C@@]12N. The molecule has 0 radical (unpaired) electrons. The van der Waals surface area contributed by atoms with Crippen molar-refractivity contribution in [1.82, 2.24) is 4.90 Å². The number of anilines is 1. The van der Waals surface area contributed by atoms with Crippen molar-refractivity contribution in [3.63, 3.8) is 0 Å². The van der Waals surface area contributed by atoms with E-state index in [1.165, 1.54) is 32.3 Å². The molecule has 0 bridgehead atoms. The number of nitrogens with zero attached hydrogens (tertiary/aromatic N) is 2. The van der Waals surface area contributed by atoms with E-state index in [0.717, 1.165) is 4.90 Å². The number of hydrogen-bond donors (Lipinski definition) is 7. The predicted octanol–water partition coefficient (Wildman–Crippen LogP) is -2.17. The zero-order valence-electron chi connectivity index (χ0n) is 24.7. The summed E-state index contributed by atoms with van der Waals surface area (Å²) in [6.07, 6.45) is -3.34. The molecule has 2 saturated carbocycles. The molecular formula is C28H35N7O9. The lowest BCUT2D eigenvalue weighted by molar-refractivity contribution is -0.181. The van der Waals surface area contributed by atoms with Gasteiger partial charge in [0.15, 0.2) is 34.5 Å². The minimum absolute atomic E-state index is 0.00630. The number of ether oxygens (including phenoxy) is 1. The highest BCUT2D eigenvalue weighted by Gasteiger charge is 2.83. The molecule has 236 valence electrons. The molecule has 1 aromatic rings. The normalized spacial score (nSPS) is 34.9. The zero-order valence-corrected chi connectivity index (χ0v) is 24.7. The summed E-state index contributed by atoms with van der Waals surface area (Å²) in [5, 5.41) is 35.8. The van der Waals surface area contributed by atoms with Crippen LogP contribution in [0.15, 0.2) is 12.1 Å². The van der Waals surface area contributed by atoms with Crippen LogP contribution in [-0.4, -0.2) is 94.2 Å². The monoisotopic (exact) mass is 613 g/mol. The molecule has 8 atom stereocenters. The van der Waals surface area contributed by atoms with Gasteiger partial charge in [0.05, 0.1) is 53.2 Å². The lowest BCUT2D eigenvalue weighted by atomic mass is 9.41. The molecule has 2 fully saturated rings. The fraction of sp³-hybridized carbons (Fsp3) is 0.536. The molecule has 1 aromatic carbocycles. The second-order valence-corrected chi connectivity index (χ2v) is 13.0. The Balaban J connectivity index is 1.94. The van der Waals surface area contributed by atoms with Gasteiger partial charge in [-0.05, 0) is 31.1 Å². The number of aliphatic hydroxyl groups is 1. The first kappa shape index (κ1) is 32.6. The van der Waals surface area contributed by atoms with Crippen LogP contribution < -0.4 is 28.3 Å². The number of nitrogens with one attached hydrogen (secondary N) is 1. The third-order valence-corrected chi connectivity index (χ3v) is 8.78. The van der Waals surface area contributed by atoms with Crippen LogP contribution in [0.1, 0.15) is 42.7 Å². The first-order chi connectivity index (χ1) is 20.2. The van der Waals surface area contributed by atoms with Gasteiger partial charge in [0.25, 0.3) is 0 Å². The Morgan fingerprint density at radius 3 is 2.23 bits per heavy atom. The van der Waals surface area contributed by atoms with Crippen LogP contribution in [0.5, 0.6) is 5.75 Å². The fourth-order valence-corrected chi connectivity index (χ4v) is 6.78. The fourth-order valence-electron chi connectivity index (χ4n) is 6.78. The van der Waals surface area contributed by atoms with E-state index in [4.69, 9.17) is 27.7 Å². The standard InChI is InChI=1S/C28H35N7O9/c1-25(2,3)9-44-24(43)34-11-7-6-10-12(15(11)36)16(37)14-21(40)26(8-29)20(39)13(22(31)41)17(38)19(35(4)5)28(26,33)23(42)27(14,32)18(10)30/h6-7,13-14,18-19,23,36,42H,9,30,32-33H2,1-5H3,(H2,31,41)(H,34,43)/t13?,14?,18-,19+,23-,26-,27+,28-/m0/s1. The molecule has 11 N–H and O–H groups in total. The molecule has 4 rings (SSSR count). The van der Waals surface area contributed by atoms with E-state index >= 15 is 0 Å². The number of carbonyl (C=O) groups excluding carboxylic acids is 6. The molecule has 16 nitrogen and oxygen atoms in total. The Morgan fingerprint density at radius 1 is 1.14 bits per heavy atom. The molecule has 44 heavy (non-hydrogen) atoms. The number of primary amides is 1. The number of fused-ring (bicyclic) bond motifs is 3. The van der Waals surface area contributed by atoms with Crippen LogP contribution in [0.3, 0.4) is 0 Å². The number of hydrogen-bond acceptors (Lipinski definition) is 14. The number of likely N-dealkylation sites (N-methyl/N-ethyl adjacent to an activating group) is 1. The van der Waals surface area contributed by atoms with Gasteiger partial charge in [-0.2, -0.15) is 5.26 Å². The molecular weight excluding hydrogens is 578 g/mol. The minimum atomic E-state index is -3.18. The molecule has 16 heteroatoms. The number of phenolic OH excluding ortho intramolecular Hbond substituents is 1. The van der Waals surface area contributed by atoms with Gasteiger partial charge in [0, 0.05) is 0 Å². The van der Waals surface area contributed by atoms with E-state index in [2.05, 4.69) is 5.32 Å². The first-order valence-electron chi connectivity index (χ1n) is 13.5. The van der Waals surface area contributed by atoms with Crippen LogP contribution >= 0.6 is 0 Å². The third-order valence-electron chi connectivity index (χ3n) is 8.78. The van der Waals surface area contributed by atoms with Crippen LogP contribution in [0.2, 0.25) is 0 Å². The molecule has 2 amide bonds. The van der Waals surface area contributed by atoms with E-state index < -0.39 is 93.0 Å². The van der Waals surface area contributed by atoms with Crippen LogP contribution in [0, 0.1) is 34.0 Å². The van der Waals surface area contributed by atoms with Crippen molar-refractivity contribution in [2.24, 2.45) is 45.6 Å². The summed E-state index contributed by atoms with van der Waals surface area (Å²) < 4.78 is 5.13. The zero-order chi connectivity index (χ0) is 33.5. The van der Waals surface area contributed by atoms with E-state index in [-0.39, 0.29) is 23.3 Å². The van der Waals surface area contributed by atoms with Crippen LogP contribution in [0.25, 0.3) is 0 Å². The maximum atomic E-state index is 14.4. The van der Waals surface area contributed by atoms with Crippen molar-refractivity contribution in [2.45, 2.75) is 50.0 Å². The maximum absolute atomic E-state index is 14.4.